The fourth-order valence-electron chi connectivity index (χ4n) is 0.674. The largest absolute Gasteiger partial charge is 0.293 e. The normalized spacial score (nSPS) is 9.73. The maximum Gasteiger partial charge on any atom is 0.181 e. The summed E-state index contributed by atoms with van der Waals surface area (Å²) < 4.78 is 13.3. The monoisotopic (exact) mass is 217 g/mol. The second-order valence-electron chi connectivity index (χ2n) is 2.04. The van der Waals surface area contributed by atoms with Gasteiger partial charge in [0.05, 0.1) is 0 Å². The van der Waals surface area contributed by atoms with Crippen molar-refractivity contribution in [1.29, 1.82) is 0 Å². The van der Waals surface area contributed by atoms with E-state index in [0.29, 0.717) is 4.47 Å². The zero-order chi connectivity index (χ0) is 8.43. The molecule has 2 nitrogen and oxygen atoms in total. The van der Waals surface area contributed by atoms with Crippen LogP contribution in [-0.2, 0) is 0 Å². The van der Waals surface area contributed by atoms with Crippen LogP contribution in [0.4, 0.5) is 4.39 Å². The lowest BCUT2D eigenvalue weighted by Crippen LogP contribution is -2.00. The molecule has 58 valence electrons. The lowest BCUT2D eigenvalue weighted by Gasteiger charge is -1.96. The minimum Gasteiger partial charge on any atom is -0.293 e. The molecule has 0 aliphatic rings. The van der Waals surface area contributed by atoms with Crippen molar-refractivity contribution in [3.63, 3.8) is 0 Å². The summed E-state index contributed by atoms with van der Waals surface area (Å²) in [4.78, 5) is 14.3. The van der Waals surface area contributed by atoms with Crippen LogP contribution < -0.4 is 0 Å². The van der Waals surface area contributed by atoms with Crippen molar-refractivity contribution >= 4 is 21.7 Å². The predicted octanol–water partition coefficient (Wildman–Crippen LogP) is 2.19. The third-order valence-corrected chi connectivity index (χ3v) is 1.57. The van der Waals surface area contributed by atoms with Crippen LogP contribution in [0.3, 0.4) is 0 Å². The second kappa shape index (κ2) is 3.09. The maximum atomic E-state index is 12.8. The van der Waals surface area contributed by atoms with Gasteiger partial charge in [-0.25, -0.2) is 9.37 Å². The Labute approximate surface area is 71.6 Å². The van der Waals surface area contributed by atoms with Gasteiger partial charge in [0.15, 0.2) is 11.6 Å². The smallest absolute Gasteiger partial charge is 0.181 e. The molecule has 1 rings (SSSR count). The van der Waals surface area contributed by atoms with Crippen LogP contribution in [-0.4, -0.2) is 10.8 Å². The maximum absolute atomic E-state index is 12.8. The summed E-state index contributed by atoms with van der Waals surface area (Å²) in [6, 6.07) is 1.21. The number of nitrogens with zero attached hydrogens (tertiary/aromatic N) is 1. The zero-order valence-corrected chi connectivity index (χ0v) is 7.35. The quantitative estimate of drug-likeness (QED) is 0.676. The molecule has 1 aromatic rings. The van der Waals surface area contributed by atoms with E-state index in [2.05, 4.69) is 20.9 Å². The summed E-state index contributed by atoms with van der Waals surface area (Å²) in [5, 5.41) is 0. The molecule has 1 aromatic heterocycles. The van der Waals surface area contributed by atoms with E-state index in [1.54, 1.807) is 0 Å². The number of Topliss-reactive ketones (excluding diaryl/α,β-unsaturated/α-hetero) is 1. The molecular weight excluding hydrogens is 213 g/mol. The molecule has 0 radical (unpaired) electrons. The van der Waals surface area contributed by atoms with Gasteiger partial charge in [0, 0.05) is 17.6 Å². The average molecular weight is 218 g/mol. The number of carbonyl (C=O) groups is 1. The van der Waals surface area contributed by atoms with Gasteiger partial charge in [-0.3, -0.25) is 4.79 Å². The minimum absolute atomic E-state index is 0.117. The lowest BCUT2D eigenvalue weighted by atomic mass is 10.3. The van der Waals surface area contributed by atoms with Gasteiger partial charge in [-0.1, -0.05) is 0 Å². The Kier molecular flexibility index (Phi) is 2.34. The molecule has 0 saturated heterocycles. The van der Waals surface area contributed by atoms with Crippen molar-refractivity contribution in [2.75, 3.05) is 0 Å². The van der Waals surface area contributed by atoms with Crippen LogP contribution in [0.25, 0.3) is 0 Å². The highest BCUT2D eigenvalue weighted by atomic mass is 79.9. The molecule has 0 atom stereocenters. The Morgan fingerprint density at radius 1 is 1.73 bits per heavy atom. The predicted molar refractivity (Wildman–Crippen MR) is 41.9 cm³/mol. The number of pyridine rings is 1. The van der Waals surface area contributed by atoms with Crippen molar-refractivity contribution in [3.8, 4) is 0 Å². The van der Waals surface area contributed by atoms with E-state index < -0.39 is 5.82 Å². The first-order chi connectivity index (χ1) is 5.11. The second-order valence-corrected chi connectivity index (χ2v) is 2.96. The van der Waals surface area contributed by atoms with E-state index in [1.165, 1.54) is 19.2 Å². The highest BCUT2D eigenvalue weighted by molar-refractivity contribution is 9.10. The molecule has 0 aliphatic carbocycles. The van der Waals surface area contributed by atoms with Crippen molar-refractivity contribution in [2.45, 2.75) is 6.92 Å². The lowest BCUT2D eigenvalue weighted by molar-refractivity contribution is 0.100. The summed E-state index contributed by atoms with van der Waals surface area (Å²) in [6.07, 6.45) is 1.39. The van der Waals surface area contributed by atoms with Gasteiger partial charge in [0.1, 0.15) is 5.69 Å². The summed E-state index contributed by atoms with van der Waals surface area (Å²) in [5.74, 6) is -0.957. The molecule has 0 fully saturated rings. The van der Waals surface area contributed by atoms with E-state index in [1.807, 2.05) is 0 Å². The standard InChI is InChI=1S/C7H5BrFNO/c1-4(11)7-6(9)2-5(8)3-10-7/h2-3H,1H3. The summed E-state index contributed by atoms with van der Waals surface area (Å²) >= 11 is 3.03. The first kappa shape index (κ1) is 8.33. The molecule has 1 heterocycles. The van der Waals surface area contributed by atoms with E-state index in [-0.39, 0.29) is 11.5 Å². The number of rotatable bonds is 1. The third-order valence-electron chi connectivity index (χ3n) is 1.14. The average Bonchev–Trinajstić information content (AvgIpc) is 1.85. The van der Waals surface area contributed by atoms with Crippen molar-refractivity contribution in [3.05, 3.63) is 28.2 Å². The molecule has 0 N–H and O–H groups in total. The molecule has 0 amide bonds. The van der Waals surface area contributed by atoms with Crippen LogP contribution in [0.1, 0.15) is 17.4 Å². The molecule has 0 aromatic carbocycles. The van der Waals surface area contributed by atoms with Crippen molar-refractivity contribution in [1.82, 2.24) is 4.98 Å². The Hall–Kier alpha value is -0.770. The van der Waals surface area contributed by atoms with Gasteiger partial charge >= 0.3 is 0 Å². The van der Waals surface area contributed by atoms with Gasteiger partial charge < -0.3 is 0 Å². The Morgan fingerprint density at radius 3 is 2.82 bits per heavy atom. The molecule has 0 unspecified atom stereocenters. The summed E-state index contributed by atoms with van der Waals surface area (Å²) in [7, 11) is 0. The molecule has 4 heteroatoms. The van der Waals surface area contributed by atoms with Gasteiger partial charge in [-0.05, 0) is 22.0 Å². The third kappa shape index (κ3) is 1.83. The van der Waals surface area contributed by atoms with E-state index in [9.17, 15) is 9.18 Å². The summed E-state index contributed by atoms with van der Waals surface area (Å²) in [6.45, 7) is 1.28. The van der Waals surface area contributed by atoms with Crippen LogP contribution in [0.2, 0.25) is 0 Å². The van der Waals surface area contributed by atoms with Gasteiger partial charge in [0.2, 0.25) is 0 Å². The Bertz CT molecular complexity index is 300. The topological polar surface area (TPSA) is 30.0 Å². The zero-order valence-electron chi connectivity index (χ0n) is 5.77. The highest BCUT2D eigenvalue weighted by Gasteiger charge is 2.07. The minimum atomic E-state index is -0.591. The van der Waals surface area contributed by atoms with Crippen molar-refractivity contribution < 1.29 is 9.18 Å². The van der Waals surface area contributed by atoms with Crippen LogP contribution in [0.15, 0.2) is 16.7 Å². The number of carbonyl (C=O) groups excluding carboxylic acids is 1. The highest BCUT2D eigenvalue weighted by Crippen LogP contribution is 2.12. The molecule has 0 spiro atoms. The fraction of sp³-hybridized carbons (Fsp3) is 0.143. The fourth-order valence-corrected chi connectivity index (χ4v) is 0.977. The van der Waals surface area contributed by atoms with Crippen molar-refractivity contribution in [2.24, 2.45) is 0 Å². The number of hydrogen-bond donors (Lipinski definition) is 0. The number of halogens is 2. The number of hydrogen-bond acceptors (Lipinski definition) is 2. The molecular formula is C7H5BrFNO. The molecule has 11 heavy (non-hydrogen) atoms. The first-order valence-corrected chi connectivity index (χ1v) is 3.72. The number of ketones is 1. The Balaban J connectivity index is 3.20. The van der Waals surface area contributed by atoms with Gasteiger partial charge in [-0.15, -0.1) is 0 Å². The van der Waals surface area contributed by atoms with E-state index in [0.717, 1.165) is 0 Å². The molecule has 0 aliphatic heterocycles. The van der Waals surface area contributed by atoms with E-state index >= 15 is 0 Å². The van der Waals surface area contributed by atoms with Crippen LogP contribution in [0.5, 0.6) is 0 Å². The molecule has 0 bridgehead atoms. The van der Waals surface area contributed by atoms with Crippen LogP contribution >= 0.6 is 15.9 Å². The van der Waals surface area contributed by atoms with Crippen LogP contribution in [0, 0.1) is 5.82 Å². The van der Waals surface area contributed by atoms with E-state index in [4.69, 9.17) is 0 Å². The summed E-state index contributed by atoms with van der Waals surface area (Å²) in [5.41, 5.74) is -0.117. The van der Waals surface area contributed by atoms with Gasteiger partial charge in [-0.2, -0.15) is 0 Å². The number of aromatic nitrogens is 1. The first-order valence-electron chi connectivity index (χ1n) is 2.93. The Morgan fingerprint density at radius 2 is 2.36 bits per heavy atom. The SMILES string of the molecule is CC(=O)c1ncc(Br)cc1F. The molecule has 0 saturated carbocycles. The van der Waals surface area contributed by atoms with Gasteiger partial charge in [0.25, 0.3) is 0 Å².